The average molecular weight is 207 g/mol. The Morgan fingerprint density at radius 2 is 2.20 bits per heavy atom. The summed E-state index contributed by atoms with van der Waals surface area (Å²) < 4.78 is 14.3. The number of halogens is 1. The van der Waals surface area contributed by atoms with Gasteiger partial charge in [-0.25, -0.2) is 9.37 Å². The highest BCUT2D eigenvalue weighted by molar-refractivity contribution is 5.52. The highest BCUT2D eigenvalue weighted by atomic mass is 19.1. The van der Waals surface area contributed by atoms with Gasteiger partial charge in [0.25, 0.3) is 0 Å². The molecule has 4 nitrogen and oxygen atoms in total. The lowest BCUT2D eigenvalue weighted by Gasteiger charge is -1.98. The maximum atomic E-state index is 13.0. The van der Waals surface area contributed by atoms with Crippen LogP contribution in [0.15, 0.2) is 23.5 Å². The summed E-state index contributed by atoms with van der Waals surface area (Å²) in [5.74, 6) is -0.153. The first kappa shape index (κ1) is 9.76. The number of nitroso groups, excluding NO2 is 1. The fraction of sp³-hybridized carbons (Fsp3) is 0.300. The molecule has 0 fully saturated rings. The summed E-state index contributed by atoms with van der Waals surface area (Å²) in [4.78, 5) is 14.9. The summed E-state index contributed by atoms with van der Waals surface area (Å²) in [6.45, 7) is 3.82. The maximum absolute atomic E-state index is 13.0. The molecule has 0 unspecified atom stereocenters. The second-order valence-electron chi connectivity index (χ2n) is 3.64. The van der Waals surface area contributed by atoms with E-state index in [1.165, 1.54) is 22.7 Å². The van der Waals surface area contributed by atoms with Crippen LogP contribution in [0.25, 0.3) is 5.65 Å². The van der Waals surface area contributed by atoms with Gasteiger partial charge in [-0.15, -0.1) is 4.91 Å². The van der Waals surface area contributed by atoms with E-state index in [-0.39, 0.29) is 11.7 Å². The predicted octanol–water partition coefficient (Wildman–Crippen LogP) is 2.99. The summed E-state index contributed by atoms with van der Waals surface area (Å²) >= 11 is 0. The number of imidazole rings is 1. The van der Waals surface area contributed by atoms with E-state index in [4.69, 9.17) is 0 Å². The third-order valence-corrected chi connectivity index (χ3v) is 2.22. The number of hydrogen-bond donors (Lipinski definition) is 0. The maximum Gasteiger partial charge on any atom is 0.205 e. The molecule has 0 aliphatic heterocycles. The van der Waals surface area contributed by atoms with E-state index in [0.29, 0.717) is 11.3 Å². The number of nitrogens with zero attached hydrogens (tertiary/aromatic N) is 3. The van der Waals surface area contributed by atoms with Gasteiger partial charge in [0.1, 0.15) is 11.5 Å². The Morgan fingerprint density at radius 3 is 2.80 bits per heavy atom. The van der Waals surface area contributed by atoms with Crippen molar-refractivity contribution in [1.82, 2.24) is 9.38 Å². The summed E-state index contributed by atoms with van der Waals surface area (Å²) in [5.41, 5.74) is 1.13. The monoisotopic (exact) mass is 207 g/mol. The first-order valence-corrected chi connectivity index (χ1v) is 4.64. The third kappa shape index (κ3) is 1.49. The molecule has 0 saturated carbocycles. The van der Waals surface area contributed by atoms with Crippen molar-refractivity contribution in [1.29, 1.82) is 0 Å². The molecule has 0 saturated heterocycles. The number of rotatable bonds is 2. The average Bonchev–Trinajstić information content (AvgIpc) is 2.55. The molecule has 5 heteroatoms. The van der Waals surface area contributed by atoms with Gasteiger partial charge in [0, 0.05) is 6.20 Å². The van der Waals surface area contributed by atoms with Crippen LogP contribution in [0, 0.1) is 10.7 Å². The van der Waals surface area contributed by atoms with Crippen LogP contribution in [0.5, 0.6) is 0 Å². The Hall–Kier alpha value is -1.78. The molecule has 0 spiro atoms. The molecular weight excluding hydrogens is 197 g/mol. The van der Waals surface area contributed by atoms with Gasteiger partial charge in [-0.1, -0.05) is 13.8 Å². The Labute approximate surface area is 85.7 Å². The Morgan fingerprint density at radius 1 is 1.47 bits per heavy atom. The molecule has 0 aromatic carbocycles. The number of aromatic nitrogens is 2. The molecule has 2 aromatic heterocycles. The van der Waals surface area contributed by atoms with Crippen molar-refractivity contribution in [3.63, 3.8) is 0 Å². The molecular formula is C10H10FN3O. The number of hydrogen-bond acceptors (Lipinski definition) is 3. The lowest BCUT2D eigenvalue weighted by molar-refractivity contribution is 0.619. The highest BCUT2D eigenvalue weighted by Gasteiger charge is 2.15. The lowest BCUT2D eigenvalue weighted by Crippen LogP contribution is -1.87. The molecule has 0 amide bonds. The second-order valence-corrected chi connectivity index (χ2v) is 3.64. The quantitative estimate of drug-likeness (QED) is 0.710. The van der Waals surface area contributed by atoms with E-state index < -0.39 is 5.82 Å². The Bertz CT molecular complexity index is 519. The van der Waals surface area contributed by atoms with Crippen molar-refractivity contribution in [2.75, 3.05) is 0 Å². The van der Waals surface area contributed by atoms with E-state index in [1.807, 2.05) is 13.8 Å². The molecule has 0 radical (unpaired) electrons. The van der Waals surface area contributed by atoms with Crippen LogP contribution in [-0.4, -0.2) is 9.38 Å². The van der Waals surface area contributed by atoms with Gasteiger partial charge in [-0.2, -0.15) is 0 Å². The van der Waals surface area contributed by atoms with E-state index in [1.54, 1.807) is 0 Å². The van der Waals surface area contributed by atoms with Gasteiger partial charge in [0.15, 0.2) is 0 Å². The third-order valence-electron chi connectivity index (χ3n) is 2.22. The largest absolute Gasteiger partial charge is 0.279 e. The standard InChI is InChI=1S/C10H10FN3O/c1-6(2)9-10(13-15)14-5-7(11)3-4-8(14)12-9/h3-6H,1-2H3. The Balaban J connectivity index is 2.79. The molecule has 0 atom stereocenters. The van der Waals surface area contributed by atoms with Crippen LogP contribution in [-0.2, 0) is 0 Å². The second kappa shape index (κ2) is 3.42. The topological polar surface area (TPSA) is 46.7 Å². The van der Waals surface area contributed by atoms with Gasteiger partial charge in [0.05, 0.1) is 5.69 Å². The minimum absolute atomic E-state index is 0.0839. The smallest absolute Gasteiger partial charge is 0.205 e. The summed E-state index contributed by atoms with van der Waals surface area (Å²) in [6, 6.07) is 2.83. The van der Waals surface area contributed by atoms with Crippen molar-refractivity contribution >= 4 is 11.5 Å². The zero-order valence-electron chi connectivity index (χ0n) is 8.44. The molecule has 0 bridgehead atoms. The first-order chi connectivity index (χ1) is 7.13. The van der Waals surface area contributed by atoms with Crippen molar-refractivity contribution < 1.29 is 4.39 Å². The van der Waals surface area contributed by atoms with Crippen LogP contribution >= 0.6 is 0 Å². The molecule has 2 rings (SSSR count). The van der Waals surface area contributed by atoms with E-state index in [0.717, 1.165) is 0 Å². The van der Waals surface area contributed by atoms with Crippen LogP contribution in [0.4, 0.5) is 10.2 Å². The number of fused-ring (bicyclic) bond motifs is 1. The predicted molar refractivity (Wildman–Crippen MR) is 54.7 cm³/mol. The fourth-order valence-electron chi connectivity index (χ4n) is 1.50. The zero-order valence-corrected chi connectivity index (χ0v) is 8.44. The molecule has 0 N–H and O–H groups in total. The molecule has 78 valence electrons. The first-order valence-electron chi connectivity index (χ1n) is 4.64. The lowest BCUT2D eigenvalue weighted by atomic mass is 10.1. The summed E-state index contributed by atoms with van der Waals surface area (Å²) in [5, 5.41) is 2.90. The van der Waals surface area contributed by atoms with Crippen molar-refractivity contribution in [2.24, 2.45) is 5.18 Å². The van der Waals surface area contributed by atoms with Crippen molar-refractivity contribution in [2.45, 2.75) is 19.8 Å². The van der Waals surface area contributed by atoms with Crippen LogP contribution in [0.2, 0.25) is 0 Å². The highest BCUT2D eigenvalue weighted by Crippen LogP contribution is 2.27. The van der Waals surface area contributed by atoms with Gasteiger partial charge in [-0.05, 0) is 23.2 Å². The van der Waals surface area contributed by atoms with Crippen molar-refractivity contribution in [3.8, 4) is 0 Å². The van der Waals surface area contributed by atoms with Gasteiger partial charge in [0.2, 0.25) is 5.82 Å². The van der Waals surface area contributed by atoms with Crippen LogP contribution in [0.1, 0.15) is 25.5 Å². The number of pyridine rings is 1. The summed E-state index contributed by atoms with van der Waals surface area (Å²) in [6.07, 6.45) is 1.21. The minimum atomic E-state index is -0.417. The van der Waals surface area contributed by atoms with Crippen molar-refractivity contribution in [3.05, 3.63) is 34.7 Å². The van der Waals surface area contributed by atoms with Gasteiger partial charge < -0.3 is 0 Å². The SMILES string of the molecule is CC(C)c1nc2ccc(F)cn2c1N=O. The van der Waals surface area contributed by atoms with Crippen LogP contribution in [0.3, 0.4) is 0 Å². The zero-order chi connectivity index (χ0) is 11.0. The molecule has 0 aliphatic carbocycles. The van der Waals surface area contributed by atoms with E-state index >= 15 is 0 Å². The van der Waals surface area contributed by atoms with Gasteiger partial charge >= 0.3 is 0 Å². The molecule has 0 aliphatic rings. The van der Waals surface area contributed by atoms with Gasteiger partial charge in [-0.3, -0.25) is 4.40 Å². The van der Waals surface area contributed by atoms with E-state index in [9.17, 15) is 9.30 Å². The normalized spacial score (nSPS) is 11.2. The molecule has 15 heavy (non-hydrogen) atoms. The minimum Gasteiger partial charge on any atom is -0.279 e. The van der Waals surface area contributed by atoms with Crippen LogP contribution < -0.4 is 0 Å². The van der Waals surface area contributed by atoms with E-state index in [2.05, 4.69) is 10.2 Å². The Kier molecular flexibility index (Phi) is 2.22. The fourth-order valence-corrected chi connectivity index (χ4v) is 1.50. The summed E-state index contributed by atoms with van der Waals surface area (Å²) in [7, 11) is 0. The molecule has 2 heterocycles. The molecule has 2 aromatic rings.